The first-order valence-corrected chi connectivity index (χ1v) is 8.41. The lowest BCUT2D eigenvalue weighted by Crippen LogP contribution is -2.20. The van der Waals surface area contributed by atoms with Gasteiger partial charge in [0.2, 0.25) is 0 Å². The molecule has 110 valence electrons. The first-order valence-electron chi connectivity index (χ1n) is 6.82. The van der Waals surface area contributed by atoms with Crippen LogP contribution >= 0.6 is 31.9 Å². The molecule has 0 aliphatic carbocycles. The zero-order valence-electron chi connectivity index (χ0n) is 11.8. The quantitative estimate of drug-likeness (QED) is 0.623. The molecule has 2 aromatic rings. The van der Waals surface area contributed by atoms with Crippen LogP contribution in [0.4, 0.5) is 0 Å². The summed E-state index contributed by atoms with van der Waals surface area (Å²) in [6.07, 6.45) is -0.288. The van der Waals surface area contributed by atoms with Crippen LogP contribution in [-0.4, -0.2) is 5.79 Å². The molecule has 1 heterocycles. The van der Waals surface area contributed by atoms with Crippen LogP contribution in [-0.2, 0) is 9.47 Å². The summed E-state index contributed by atoms with van der Waals surface area (Å²) in [7, 11) is 0. The van der Waals surface area contributed by atoms with E-state index in [1.54, 1.807) is 0 Å². The predicted octanol–water partition coefficient (Wildman–Crippen LogP) is 5.78. The highest BCUT2D eigenvalue weighted by Crippen LogP contribution is 2.49. The van der Waals surface area contributed by atoms with E-state index in [0.29, 0.717) is 0 Å². The number of benzene rings is 2. The van der Waals surface area contributed by atoms with Crippen molar-refractivity contribution < 1.29 is 9.47 Å². The Morgan fingerprint density at radius 1 is 0.762 bits per heavy atom. The SMILES string of the molecule is CC1(C)O[C@@H](c2ccccc2Br)[C@H](c2ccccc2Br)O1. The number of hydrogen-bond acceptors (Lipinski definition) is 2. The molecule has 2 atom stereocenters. The Morgan fingerprint density at radius 2 is 1.14 bits per heavy atom. The third-order valence-corrected chi connectivity index (χ3v) is 4.96. The van der Waals surface area contributed by atoms with Gasteiger partial charge in [-0.2, -0.15) is 0 Å². The Morgan fingerprint density at radius 3 is 1.52 bits per heavy atom. The van der Waals surface area contributed by atoms with Crippen LogP contribution < -0.4 is 0 Å². The summed E-state index contributed by atoms with van der Waals surface area (Å²) in [6.45, 7) is 3.90. The second kappa shape index (κ2) is 5.84. The molecule has 21 heavy (non-hydrogen) atoms. The van der Waals surface area contributed by atoms with Gasteiger partial charge in [0.05, 0.1) is 0 Å². The fourth-order valence-electron chi connectivity index (χ4n) is 2.63. The second-order valence-corrected chi connectivity index (χ2v) is 7.23. The van der Waals surface area contributed by atoms with Gasteiger partial charge in [0, 0.05) is 8.95 Å². The predicted molar refractivity (Wildman–Crippen MR) is 90.0 cm³/mol. The Bertz CT molecular complexity index is 599. The average molecular weight is 412 g/mol. The molecule has 0 saturated carbocycles. The molecule has 4 heteroatoms. The maximum absolute atomic E-state index is 6.16. The van der Waals surface area contributed by atoms with Gasteiger partial charge in [-0.05, 0) is 37.1 Å². The number of hydrogen-bond donors (Lipinski definition) is 0. The average Bonchev–Trinajstić information content (AvgIpc) is 2.75. The molecule has 0 amide bonds. The van der Waals surface area contributed by atoms with Crippen LogP contribution in [0.1, 0.15) is 37.2 Å². The smallest absolute Gasteiger partial charge is 0.164 e. The normalized spacial score (nSPS) is 24.2. The van der Waals surface area contributed by atoms with Gasteiger partial charge < -0.3 is 9.47 Å². The van der Waals surface area contributed by atoms with E-state index in [0.717, 1.165) is 20.1 Å². The summed E-state index contributed by atoms with van der Waals surface area (Å²) >= 11 is 7.23. The molecule has 0 aromatic heterocycles. The van der Waals surface area contributed by atoms with E-state index >= 15 is 0 Å². The van der Waals surface area contributed by atoms with E-state index in [1.807, 2.05) is 50.2 Å². The van der Waals surface area contributed by atoms with Crippen molar-refractivity contribution in [2.45, 2.75) is 31.8 Å². The summed E-state index contributed by atoms with van der Waals surface area (Å²) in [4.78, 5) is 0. The highest BCUT2D eigenvalue weighted by atomic mass is 79.9. The van der Waals surface area contributed by atoms with Crippen molar-refractivity contribution in [1.82, 2.24) is 0 Å². The van der Waals surface area contributed by atoms with E-state index < -0.39 is 5.79 Å². The van der Waals surface area contributed by atoms with Crippen molar-refractivity contribution in [2.24, 2.45) is 0 Å². The molecule has 0 radical (unpaired) electrons. The van der Waals surface area contributed by atoms with Gasteiger partial charge in [0.25, 0.3) is 0 Å². The minimum absolute atomic E-state index is 0.144. The molecular weight excluding hydrogens is 396 g/mol. The summed E-state index contributed by atoms with van der Waals surface area (Å²) < 4.78 is 14.4. The standard InChI is InChI=1S/C17H16Br2O2/c1-17(2)20-15(11-7-3-5-9-13(11)18)16(21-17)12-8-4-6-10-14(12)19/h3-10,15-16H,1-2H3/t15-,16-/m0/s1. The van der Waals surface area contributed by atoms with Crippen LogP contribution in [0.25, 0.3) is 0 Å². The number of rotatable bonds is 2. The Kier molecular flexibility index (Phi) is 4.23. The van der Waals surface area contributed by atoms with E-state index in [1.165, 1.54) is 0 Å². The van der Waals surface area contributed by atoms with Gasteiger partial charge in [0.1, 0.15) is 12.2 Å². The third-order valence-electron chi connectivity index (χ3n) is 3.52. The molecule has 2 nitrogen and oxygen atoms in total. The second-order valence-electron chi connectivity index (χ2n) is 5.52. The van der Waals surface area contributed by atoms with E-state index in [-0.39, 0.29) is 12.2 Å². The lowest BCUT2D eigenvalue weighted by Gasteiger charge is -2.19. The molecule has 3 rings (SSSR count). The largest absolute Gasteiger partial charge is 0.339 e. The molecule has 1 aliphatic rings. The van der Waals surface area contributed by atoms with Crippen LogP contribution in [0.5, 0.6) is 0 Å². The molecule has 1 fully saturated rings. The highest BCUT2D eigenvalue weighted by molar-refractivity contribution is 9.10. The number of ether oxygens (including phenoxy) is 2. The molecule has 0 bridgehead atoms. The third kappa shape index (κ3) is 3.09. The van der Waals surface area contributed by atoms with Crippen molar-refractivity contribution in [3.05, 3.63) is 68.6 Å². The lowest BCUT2D eigenvalue weighted by atomic mass is 9.98. The molecule has 1 aliphatic heterocycles. The highest BCUT2D eigenvalue weighted by Gasteiger charge is 2.44. The van der Waals surface area contributed by atoms with E-state index in [2.05, 4.69) is 44.0 Å². The molecule has 0 N–H and O–H groups in total. The van der Waals surface area contributed by atoms with Gasteiger partial charge in [0.15, 0.2) is 5.79 Å². The topological polar surface area (TPSA) is 18.5 Å². The fraction of sp³-hybridized carbons (Fsp3) is 0.294. The van der Waals surface area contributed by atoms with Crippen LogP contribution in [0.2, 0.25) is 0 Å². The van der Waals surface area contributed by atoms with Gasteiger partial charge >= 0.3 is 0 Å². The maximum Gasteiger partial charge on any atom is 0.164 e. The van der Waals surface area contributed by atoms with Crippen molar-refractivity contribution in [3.63, 3.8) is 0 Å². The summed E-state index contributed by atoms with van der Waals surface area (Å²) in [5.74, 6) is -0.611. The van der Waals surface area contributed by atoms with Crippen LogP contribution in [0, 0.1) is 0 Å². The van der Waals surface area contributed by atoms with Crippen molar-refractivity contribution >= 4 is 31.9 Å². The Hall–Kier alpha value is -0.680. The van der Waals surface area contributed by atoms with Gasteiger partial charge in [-0.15, -0.1) is 0 Å². The maximum atomic E-state index is 6.16. The molecular formula is C17H16Br2O2. The first kappa shape index (κ1) is 15.2. The van der Waals surface area contributed by atoms with Crippen molar-refractivity contribution in [3.8, 4) is 0 Å². The van der Waals surface area contributed by atoms with Gasteiger partial charge in [-0.3, -0.25) is 0 Å². The summed E-state index contributed by atoms with van der Waals surface area (Å²) in [5, 5.41) is 0. The fourth-order valence-corrected chi connectivity index (χ4v) is 3.65. The monoisotopic (exact) mass is 410 g/mol. The van der Waals surface area contributed by atoms with E-state index in [9.17, 15) is 0 Å². The van der Waals surface area contributed by atoms with E-state index in [4.69, 9.17) is 9.47 Å². The Balaban J connectivity index is 2.06. The number of halogens is 2. The summed E-state index contributed by atoms with van der Waals surface area (Å²) in [6, 6.07) is 16.2. The lowest BCUT2D eigenvalue weighted by molar-refractivity contribution is -0.147. The minimum atomic E-state index is -0.611. The zero-order valence-corrected chi connectivity index (χ0v) is 15.0. The summed E-state index contributed by atoms with van der Waals surface area (Å²) in [5.41, 5.74) is 2.20. The molecule has 1 saturated heterocycles. The molecule has 0 unspecified atom stereocenters. The van der Waals surface area contributed by atoms with Crippen LogP contribution in [0.3, 0.4) is 0 Å². The molecule has 2 aromatic carbocycles. The van der Waals surface area contributed by atoms with Crippen molar-refractivity contribution in [1.29, 1.82) is 0 Å². The van der Waals surface area contributed by atoms with Gasteiger partial charge in [-0.25, -0.2) is 0 Å². The van der Waals surface area contributed by atoms with Crippen LogP contribution in [0.15, 0.2) is 57.5 Å². The minimum Gasteiger partial charge on any atom is -0.339 e. The van der Waals surface area contributed by atoms with Crippen molar-refractivity contribution in [2.75, 3.05) is 0 Å². The zero-order chi connectivity index (χ0) is 15.0. The van der Waals surface area contributed by atoms with Gasteiger partial charge in [-0.1, -0.05) is 68.3 Å². The molecule has 0 spiro atoms. The Labute approximate surface area is 141 Å². The first-order chi connectivity index (χ1) is 9.98.